The van der Waals surface area contributed by atoms with Crippen LogP contribution in [0.4, 0.5) is 5.69 Å². The van der Waals surface area contributed by atoms with E-state index in [1.807, 2.05) is 24.3 Å². The second kappa shape index (κ2) is 5.65. The quantitative estimate of drug-likeness (QED) is 0.910. The number of nitrogens with zero attached hydrogens (tertiary/aromatic N) is 1. The summed E-state index contributed by atoms with van der Waals surface area (Å²) in [5.74, 6) is 0.307. The number of halogens is 1. The van der Waals surface area contributed by atoms with Crippen molar-refractivity contribution in [1.29, 1.82) is 0 Å². The van der Waals surface area contributed by atoms with Crippen LogP contribution < -0.4 is 5.32 Å². The van der Waals surface area contributed by atoms with Crippen molar-refractivity contribution in [1.82, 2.24) is 4.90 Å². The maximum atomic E-state index is 12.0. The van der Waals surface area contributed by atoms with Crippen molar-refractivity contribution in [2.24, 2.45) is 5.92 Å². The number of nitrogens with one attached hydrogen (secondary N) is 1. The lowest BCUT2D eigenvalue weighted by atomic mass is 9.96. The van der Waals surface area contributed by atoms with Gasteiger partial charge in [0.05, 0.1) is 0 Å². The van der Waals surface area contributed by atoms with E-state index in [0.29, 0.717) is 0 Å². The normalized spacial score (nSPS) is 18.0. The van der Waals surface area contributed by atoms with E-state index in [0.717, 1.165) is 36.1 Å². The van der Waals surface area contributed by atoms with E-state index in [-0.39, 0.29) is 11.8 Å². The van der Waals surface area contributed by atoms with Gasteiger partial charge in [-0.05, 0) is 51.2 Å². The molecule has 0 radical (unpaired) electrons. The van der Waals surface area contributed by atoms with Crippen molar-refractivity contribution >= 4 is 27.5 Å². The van der Waals surface area contributed by atoms with Gasteiger partial charge in [-0.1, -0.05) is 22.0 Å². The highest BCUT2D eigenvalue weighted by Gasteiger charge is 2.23. The number of hydrogen-bond acceptors (Lipinski definition) is 2. The molecule has 1 aliphatic rings. The minimum absolute atomic E-state index is 0.149. The van der Waals surface area contributed by atoms with E-state index in [9.17, 15) is 4.79 Å². The largest absolute Gasteiger partial charge is 0.326 e. The minimum atomic E-state index is 0.149. The molecule has 1 amide bonds. The van der Waals surface area contributed by atoms with Gasteiger partial charge in [0.1, 0.15) is 0 Å². The molecule has 0 saturated carbocycles. The third-order valence-electron chi connectivity index (χ3n) is 3.18. The molecular weight excluding hydrogens is 280 g/mol. The molecule has 0 aromatic heterocycles. The van der Waals surface area contributed by atoms with Crippen LogP contribution in [0.3, 0.4) is 0 Å². The SMILES string of the molecule is CN1CCC(C(=O)Nc2cccc(Br)c2)CC1. The summed E-state index contributed by atoms with van der Waals surface area (Å²) in [7, 11) is 2.10. The number of benzene rings is 1. The van der Waals surface area contributed by atoms with E-state index in [1.165, 1.54) is 0 Å². The zero-order valence-electron chi connectivity index (χ0n) is 9.95. The molecule has 2 rings (SSSR count). The van der Waals surface area contributed by atoms with Crippen molar-refractivity contribution in [3.05, 3.63) is 28.7 Å². The van der Waals surface area contributed by atoms with E-state index in [4.69, 9.17) is 0 Å². The fraction of sp³-hybridized carbons (Fsp3) is 0.462. The van der Waals surface area contributed by atoms with Crippen molar-refractivity contribution in [3.63, 3.8) is 0 Å². The number of carbonyl (C=O) groups excluding carboxylic acids is 1. The first-order valence-corrected chi connectivity index (χ1v) is 6.69. The van der Waals surface area contributed by atoms with E-state index in [2.05, 4.69) is 33.2 Å². The second-order valence-corrected chi connectivity index (χ2v) is 5.49. The molecule has 1 aromatic carbocycles. The molecular formula is C13H17BrN2O. The Kier molecular flexibility index (Phi) is 4.18. The Labute approximate surface area is 110 Å². The van der Waals surface area contributed by atoms with E-state index in [1.54, 1.807) is 0 Å². The van der Waals surface area contributed by atoms with Crippen LogP contribution in [-0.2, 0) is 4.79 Å². The fourth-order valence-electron chi connectivity index (χ4n) is 2.08. The first-order chi connectivity index (χ1) is 8.15. The van der Waals surface area contributed by atoms with Gasteiger partial charge in [0.2, 0.25) is 5.91 Å². The zero-order chi connectivity index (χ0) is 12.3. The van der Waals surface area contributed by atoms with Crippen molar-refractivity contribution in [3.8, 4) is 0 Å². The third-order valence-corrected chi connectivity index (χ3v) is 3.67. The van der Waals surface area contributed by atoms with Gasteiger partial charge in [-0.25, -0.2) is 0 Å². The summed E-state index contributed by atoms with van der Waals surface area (Å²) in [5, 5.41) is 2.98. The van der Waals surface area contributed by atoms with Crippen LogP contribution >= 0.6 is 15.9 Å². The maximum Gasteiger partial charge on any atom is 0.227 e. The number of anilines is 1. The Bertz CT molecular complexity index is 400. The topological polar surface area (TPSA) is 32.3 Å². The summed E-state index contributed by atoms with van der Waals surface area (Å²) in [6.45, 7) is 2.02. The predicted molar refractivity (Wildman–Crippen MR) is 73.0 cm³/mol. The van der Waals surface area contributed by atoms with Gasteiger partial charge in [-0.2, -0.15) is 0 Å². The number of amides is 1. The Morgan fingerprint density at radius 2 is 2.12 bits per heavy atom. The highest BCUT2D eigenvalue weighted by molar-refractivity contribution is 9.10. The summed E-state index contributed by atoms with van der Waals surface area (Å²) in [4.78, 5) is 14.3. The lowest BCUT2D eigenvalue weighted by Crippen LogP contribution is -2.35. The molecule has 0 unspecified atom stereocenters. The van der Waals surface area contributed by atoms with Crippen LogP contribution in [0.5, 0.6) is 0 Å². The summed E-state index contributed by atoms with van der Waals surface area (Å²) in [5.41, 5.74) is 0.864. The molecule has 1 N–H and O–H groups in total. The van der Waals surface area contributed by atoms with Gasteiger partial charge in [-0.3, -0.25) is 4.79 Å². The molecule has 0 bridgehead atoms. The van der Waals surface area contributed by atoms with Gasteiger partial charge < -0.3 is 10.2 Å². The average Bonchev–Trinajstić information content (AvgIpc) is 2.29. The molecule has 17 heavy (non-hydrogen) atoms. The molecule has 4 heteroatoms. The zero-order valence-corrected chi connectivity index (χ0v) is 11.5. The van der Waals surface area contributed by atoms with Gasteiger partial charge in [0.25, 0.3) is 0 Å². The average molecular weight is 297 g/mol. The van der Waals surface area contributed by atoms with Crippen LogP contribution in [0.2, 0.25) is 0 Å². The number of likely N-dealkylation sites (tertiary alicyclic amines) is 1. The Balaban J connectivity index is 1.93. The monoisotopic (exact) mass is 296 g/mol. The Morgan fingerprint density at radius 3 is 2.76 bits per heavy atom. The Hall–Kier alpha value is -0.870. The van der Waals surface area contributed by atoms with Gasteiger partial charge in [0.15, 0.2) is 0 Å². The number of piperidine rings is 1. The Morgan fingerprint density at radius 1 is 1.41 bits per heavy atom. The lowest BCUT2D eigenvalue weighted by Gasteiger charge is -2.28. The fourth-order valence-corrected chi connectivity index (χ4v) is 2.48. The van der Waals surface area contributed by atoms with Crippen LogP contribution in [0.15, 0.2) is 28.7 Å². The maximum absolute atomic E-state index is 12.0. The molecule has 0 aliphatic carbocycles. The molecule has 1 fully saturated rings. The molecule has 1 heterocycles. The molecule has 0 atom stereocenters. The summed E-state index contributed by atoms with van der Waals surface area (Å²) in [6, 6.07) is 7.71. The van der Waals surface area contributed by atoms with E-state index >= 15 is 0 Å². The van der Waals surface area contributed by atoms with Crippen molar-refractivity contribution in [2.75, 3.05) is 25.5 Å². The lowest BCUT2D eigenvalue weighted by molar-refractivity contribution is -0.121. The van der Waals surface area contributed by atoms with Gasteiger partial charge >= 0.3 is 0 Å². The molecule has 0 spiro atoms. The van der Waals surface area contributed by atoms with Crippen LogP contribution in [0.1, 0.15) is 12.8 Å². The van der Waals surface area contributed by atoms with Gasteiger partial charge in [0, 0.05) is 16.1 Å². The first kappa shape index (κ1) is 12.6. The number of carbonyl (C=O) groups is 1. The molecule has 1 saturated heterocycles. The molecule has 1 aliphatic heterocycles. The third kappa shape index (κ3) is 3.54. The second-order valence-electron chi connectivity index (χ2n) is 4.58. The predicted octanol–water partition coefficient (Wildman–Crippen LogP) is 2.73. The summed E-state index contributed by atoms with van der Waals surface area (Å²) < 4.78 is 0.985. The molecule has 1 aromatic rings. The van der Waals surface area contributed by atoms with Crippen LogP contribution in [0, 0.1) is 5.92 Å². The number of rotatable bonds is 2. The smallest absolute Gasteiger partial charge is 0.227 e. The summed E-state index contributed by atoms with van der Waals surface area (Å²) >= 11 is 3.40. The van der Waals surface area contributed by atoms with Crippen molar-refractivity contribution in [2.45, 2.75) is 12.8 Å². The standard InChI is InChI=1S/C13H17BrN2O/c1-16-7-5-10(6-8-16)13(17)15-12-4-2-3-11(14)9-12/h2-4,9-10H,5-8H2,1H3,(H,15,17). The highest BCUT2D eigenvalue weighted by Crippen LogP contribution is 2.20. The highest BCUT2D eigenvalue weighted by atomic mass is 79.9. The van der Waals surface area contributed by atoms with Crippen molar-refractivity contribution < 1.29 is 4.79 Å². The minimum Gasteiger partial charge on any atom is -0.326 e. The van der Waals surface area contributed by atoms with Crippen LogP contribution in [0.25, 0.3) is 0 Å². The van der Waals surface area contributed by atoms with Crippen LogP contribution in [-0.4, -0.2) is 30.9 Å². The number of hydrogen-bond donors (Lipinski definition) is 1. The van der Waals surface area contributed by atoms with E-state index < -0.39 is 0 Å². The summed E-state index contributed by atoms with van der Waals surface area (Å²) in [6.07, 6.45) is 1.91. The van der Waals surface area contributed by atoms with Gasteiger partial charge in [-0.15, -0.1) is 0 Å². The molecule has 3 nitrogen and oxygen atoms in total. The molecule has 92 valence electrons. The first-order valence-electron chi connectivity index (χ1n) is 5.90.